The number of amides is 1. The van der Waals surface area contributed by atoms with Crippen LogP contribution >= 0.6 is 0 Å². The maximum absolute atomic E-state index is 11.8. The molecule has 0 fully saturated rings. The fraction of sp³-hybridized carbons (Fsp3) is 0.438. The molecule has 0 aliphatic rings. The normalized spacial score (nSPS) is 10.9. The van der Waals surface area contributed by atoms with E-state index in [9.17, 15) is 9.59 Å². The van der Waals surface area contributed by atoms with Gasteiger partial charge in [0.05, 0.1) is 6.26 Å². The van der Waals surface area contributed by atoms with Gasteiger partial charge in [0.15, 0.2) is 5.76 Å². The van der Waals surface area contributed by atoms with Crippen LogP contribution in [-0.4, -0.2) is 47.8 Å². The Labute approximate surface area is 134 Å². The fourth-order valence-corrected chi connectivity index (χ4v) is 2.06. The van der Waals surface area contributed by atoms with E-state index in [0.717, 1.165) is 6.54 Å². The number of aryl methyl sites for hydroxylation is 1. The Bertz CT molecular complexity index is 677. The van der Waals surface area contributed by atoms with Crippen LogP contribution in [0.2, 0.25) is 0 Å². The number of aromatic nitrogens is 2. The molecule has 2 rings (SSSR count). The number of nitrogens with one attached hydrogen (secondary N) is 1. The molecule has 0 saturated heterocycles. The molecule has 0 aliphatic carbocycles. The summed E-state index contributed by atoms with van der Waals surface area (Å²) in [4.78, 5) is 25.5. The number of hydrogen-bond acceptors (Lipinski definition) is 5. The molecule has 0 aromatic carbocycles. The highest BCUT2D eigenvalue weighted by molar-refractivity contribution is 5.75. The first kappa shape index (κ1) is 17.0. The maximum atomic E-state index is 11.8. The van der Waals surface area contributed by atoms with Crippen molar-refractivity contribution in [3.05, 3.63) is 40.9 Å². The summed E-state index contributed by atoms with van der Waals surface area (Å²) in [5, 5.41) is 7.11. The van der Waals surface area contributed by atoms with E-state index in [0.29, 0.717) is 37.4 Å². The number of likely N-dealkylation sites (N-methyl/N-ethyl adjacent to an activating group) is 1. The lowest BCUT2D eigenvalue weighted by atomic mass is 10.3. The van der Waals surface area contributed by atoms with E-state index in [1.165, 1.54) is 10.7 Å². The van der Waals surface area contributed by atoms with Gasteiger partial charge in [-0.1, -0.05) is 0 Å². The molecule has 2 aromatic heterocycles. The van der Waals surface area contributed by atoms with E-state index in [1.807, 2.05) is 19.0 Å². The summed E-state index contributed by atoms with van der Waals surface area (Å²) in [6.45, 7) is 1.82. The molecule has 2 heterocycles. The van der Waals surface area contributed by atoms with E-state index in [4.69, 9.17) is 4.42 Å². The Morgan fingerprint density at radius 2 is 2.17 bits per heavy atom. The fourth-order valence-electron chi connectivity index (χ4n) is 2.06. The molecule has 0 aliphatic heterocycles. The zero-order chi connectivity index (χ0) is 16.7. The number of carbonyl (C=O) groups is 1. The van der Waals surface area contributed by atoms with Gasteiger partial charge in [0.25, 0.3) is 5.56 Å². The molecule has 0 radical (unpaired) electrons. The van der Waals surface area contributed by atoms with Gasteiger partial charge in [-0.2, -0.15) is 5.10 Å². The smallest absolute Gasteiger partial charge is 0.266 e. The van der Waals surface area contributed by atoms with Crippen molar-refractivity contribution in [1.82, 2.24) is 20.0 Å². The molecule has 1 N–H and O–H groups in total. The van der Waals surface area contributed by atoms with Crippen molar-refractivity contribution in [2.45, 2.75) is 19.4 Å². The summed E-state index contributed by atoms with van der Waals surface area (Å²) in [7, 11) is 3.91. The van der Waals surface area contributed by atoms with Crippen molar-refractivity contribution in [3.63, 3.8) is 0 Å². The quantitative estimate of drug-likeness (QED) is 0.784. The van der Waals surface area contributed by atoms with Gasteiger partial charge in [-0.25, -0.2) is 4.68 Å². The summed E-state index contributed by atoms with van der Waals surface area (Å²) in [6, 6.07) is 6.65. The van der Waals surface area contributed by atoms with Crippen LogP contribution in [0.3, 0.4) is 0 Å². The van der Waals surface area contributed by atoms with Gasteiger partial charge >= 0.3 is 0 Å². The highest BCUT2D eigenvalue weighted by atomic mass is 16.3. The van der Waals surface area contributed by atoms with E-state index >= 15 is 0 Å². The molecule has 7 heteroatoms. The molecule has 0 bridgehead atoms. The summed E-state index contributed by atoms with van der Waals surface area (Å²) in [5.41, 5.74) is 0.415. The number of nitrogens with zero attached hydrogens (tertiary/aromatic N) is 3. The molecule has 7 nitrogen and oxygen atoms in total. The van der Waals surface area contributed by atoms with Gasteiger partial charge in [-0.15, -0.1) is 0 Å². The SMILES string of the molecule is CN(C)CCNC(=O)CCCn1nc(-c2ccco2)ccc1=O. The van der Waals surface area contributed by atoms with Gasteiger partial charge in [0.1, 0.15) is 5.69 Å². The predicted octanol–water partition coefficient (Wildman–Crippen LogP) is 0.961. The van der Waals surface area contributed by atoms with Crippen LogP contribution < -0.4 is 10.9 Å². The topological polar surface area (TPSA) is 80.4 Å². The third-order valence-corrected chi connectivity index (χ3v) is 3.30. The molecule has 0 saturated carbocycles. The van der Waals surface area contributed by atoms with Crippen molar-refractivity contribution >= 4 is 5.91 Å². The van der Waals surface area contributed by atoms with Crippen molar-refractivity contribution in [3.8, 4) is 11.5 Å². The minimum atomic E-state index is -0.187. The standard InChI is InChI=1S/C16H22N4O3/c1-19(2)11-9-17-15(21)6-3-10-20-16(22)8-7-13(18-20)14-5-4-12-23-14/h4-5,7-8,12H,3,6,9-11H2,1-2H3,(H,17,21). The van der Waals surface area contributed by atoms with E-state index < -0.39 is 0 Å². The largest absolute Gasteiger partial charge is 0.463 e. The van der Waals surface area contributed by atoms with Gasteiger partial charge in [-0.05, 0) is 38.7 Å². The van der Waals surface area contributed by atoms with Crippen molar-refractivity contribution in [2.24, 2.45) is 0 Å². The Hall–Kier alpha value is -2.41. The molecule has 0 atom stereocenters. The molecule has 0 spiro atoms. The third kappa shape index (κ3) is 5.37. The van der Waals surface area contributed by atoms with Gasteiger partial charge < -0.3 is 14.6 Å². The second kappa shape index (κ2) is 8.28. The number of carbonyl (C=O) groups excluding carboxylic acids is 1. The molecular formula is C16H22N4O3. The molecule has 124 valence electrons. The van der Waals surface area contributed by atoms with Gasteiger partial charge in [0.2, 0.25) is 5.91 Å². The van der Waals surface area contributed by atoms with Crippen LogP contribution in [-0.2, 0) is 11.3 Å². The van der Waals surface area contributed by atoms with E-state index in [-0.39, 0.29) is 11.5 Å². The summed E-state index contributed by atoms with van der Waals surface area (Å²) in [5.74, 6) is 0.599. The highest BCUT2D eigenvalue weighted by Gasteiger charge is 2.07. The minimum Gasteiger partial charge on any atom is -0.463 e. The van der Waals surface area contributed by atoms with E-state index in [2.05, 4.69) is 10.4 Å². The lowest BCUT2D eigenvalue weighted by Gasteiger charge is -2.10. The second-order valence-corrected chi connectivity index (χ2v) is 5.51. The Morgan fingerprint density at radius 1 is 1.35 bits per heavy atom. The zero-order valence-electron chi connectivity index (χ0n) is 13.5. The molecule has 1 amide bonds. The minimum absolute atomic E-state index is 0.0120. The van der Waals surface area contributed by atoms with Gasteiger partial charge in [-0.3, -0.25) is 9.59 Å². The summed E-state index contributed by atoms with van der Waals surface area (Å²) >= 11 is 0. The first-order chi connectivity index (χ1) is 11.1. The van der Waals surface area contributed by atoms with Crippen molar-refractivity contribution < 1.29 is 9.21 Å². The van der Waals surface area contributed by atoms with Crippen LogP contribution in [0.4, 0.5) is 0 Å². The van der Waals surface area contributed by atoms with Gasteiger partial charge in [0, 0.05) is 32.1 Å². The van der Waals surface area contributed by atoms with Crippen LogP contribution in [0.5, 0.6) is 0 Å². The number of rotatable bonds is 8. The van der Waals surface area contributed by atoms with Crippen LogP contribution in [0, 0.1) is 0 Å². The third-order valence-electron chi connectivity index (χ3n) is 3.30. The average Bonchev–Trinajstić information content (AvgIpc) is 3.03. The van der Waals surface area contributed by atoms with Crippen LogP contribution in [0.15, 0.2) is 39.7 Å². The predicted molar refractivity (Wildman–Crippen MR) is 87.0 cm³/mol. The Balaban J connectivity index is 1.85. The molecule has 2 aromatic rings. The second-order valence-electron chi connectivity index (χ2n) is 5.51. The van der Waals surface area contributed by atoms with Crippen molar-refractivity contribution in [2.75, 3.05) is 27.2 Å². The first-order valence-corrected chi connectivity index (χ1v) is 7.60. The summed E-state index contributed by atoms with van der Waals surface area (Å²) in [6.07, 6.45) is 2.49. The maximum Gasteiger partial charge on any atom is 0.266 e. The molecule has 23 heavy (non-hydrogen) atoms. The number of hydrogen-bond donors (Lipinski definition) is 1. The zero-order valence-corrected chi connectivity index (χ0v) is 13.5. The average molecular weight is 318 g/mol. The summed E-state index contributed by atoms with van der Waals surface area (Å²) < 4.78 is 6.64. The highest BCUT2D eigenvalue weighted by Crippen LogP contribution is 2.15. The monoisotopic (exact) mass is 318 g/mol. The van der Waals surface area contributed by atoms with Crippen molar-refractivity contribution in [1.29, 1.82) is 0 Å². The van der Waals surface area contributed by atoms with Crippen LogP contribution in [0.25, 0.3) is 11.5 Å². The molecular weight excluding hydrogens is 296 g/mol. The lowest BCUT2D eigenvalue weighted by Crippen LogP contribution is -2.31. The number of furan rings is 1. The van der Waals surface area contributed by atoms with Crippen LogP contribution in [0.1, 0.15) is 12.8 Å². The first-order valence-electron chi connectivity index (χ1n) is 7.60. The lowest BCUT2D eigenvalue weighted by molar-refractivity contribution is -0.121. The Morgan fingerprint density at radius 3 is 2.87 bits per heavy atom. The van der Waals surface area contributed by atoms with E-state index in [1.54, 1.807) is 24.5 Å². The Kier molecular flexibility index (Phi) is 6.10. The molecule has 0 unspecified atom stereocenters.